The van der Waals surface area contributed by atoms with Crippen molar-refractivity contribution in [1.82, 2.24) is 0 Å². The van der Waals surface area contributed by atoms with Crippen LogP contribution in [0, 0.1) is 11.3 Å². The maximum absolute atomic E-state index is 12.0. The molecule has 0 bridgehead atoms. The lowest BCUT2D eigenvalue weighted by molar-refractivity contribution is -0.117. The van der Waals surface area contributed by atoms with Crippen LogP contribution in [0.4, 0.5) is 11.4 Å². The van der Waals surface area contributed by atoms with Crippen molar-refractivity contribution in [3.8, 4) is 6.07 Å². The number of carbonyl (C=O) groups excluding carboxylic acids is 2. The third-order valence-electron chi connectivity index (χ3n) is 3.29. The van der Waals surface area contributed by atoms with E-state index in [1.165, 1.54) is 11.8 Å². The smallest absolute Gasteiger partial charge is 0.226 e. The molecular formula is C18H17N3O2. The van der Waals surface area contributed by atoms with E-state index in [9.17, 15) is 9.59 Å². The van der Waals surface area contributed by atoms with Gasteiger partial charge in [0.1, 0.15) is 0 Å². The van der Waals surface area contributed by atoms with E-state index in [1.807, 2.05) is 24.3 Å². The molecule has 0 saturated carbocycles. The minimum atomic E-state index is -0.174. The molecule has 0 aliphatic rings. The van der Waals surface area contributed by atoms with Crippen LogP contribution in [-0.2, 0) is 9.59 Å². The van der Waals surface area contributed by atoms with Gasteiger partial charge in [-0.2, -0.15) is 5.26 Å². The molecule has 0 unspecified atom stereocenters. The zero-order chi connectivity index (χ0) is 16.7. The molecule has 0 atom stereocenters. The van der Waals surface area contributed by atoms with Crippen LogP contribution < -0.4 is 10.2 Å². The predicted molar refractivity (Wildman–Crippen MR) is 88.9 cm³/mol. The maximum Gasteiger partial charge on any atom is 0.226 e. The molecule has 0 spiro atoms. The van der Waals surface area contributed by atoms with Crippen LogP contribution in [0.2, 0.25) is 0 Å². The zero-order valence-electron chi connectivity index (χ0n) is 12.8. The fourth-order valence-corrected chi connectivity index (χ4v) is 2.17. The Bertz CT molecular complexity index is 735. The first-order valence-corrected chi connectivity index (χ1v) is 7.23. The minimum absolute atomic E-state index is 0.168. The normalized spacial score (nSPS) is 9.74. The lowest BCUT2D eigenvalue weighted by atomic mass is 10.2. The van der Waals surface area contributed by atoms with E-state index < -0.39 is 0 Å². The van der Waals surface area contributed by atoms with Crippen LogP contribution in [0.25, 0.3) is 0 Å². The van der Waals surface area contributed by atoms with Crippen molar-refractivity contribution in [1.29, 1.82) is 5.26 Å². The van der Waals surface area contributed by atoms with Crippen molar-refractivity contribution in [2.24, 2.45) is 0 Å². The highest BCUT2D eigenvalue weighted by atomic mass is 16.2. The van der Waals surface area contributed by atoms with Crippen molar-refractivity contribution in [2.75, 3.05) is 16.8 Å². The first-order valence-electron chi connectivity index (χ1n) is 7.23. The van der Waals surface area contributed by atoms with Gasteiger partial charge in [-0.3, -0.25) is 9.59 Å². The highest BCUT2D eigenvalue weighted by molar-refractivity contribution is 5.94. The van der Waals surface area contributed by atoms with Crippen LogP contribution in [0.15, 0.2) is 54.6 Å². The molecule has 2 aromatic carbocycles. The Kier molecular flexibility index (Phi) is 5.48. The predicted octanol–water partition coefficient (Wildman–Crippen LogP) is 2.94. The summed E-state index contributed by atoms with van der Waals surface area (Å²) in [5.41, 5.74) is 1.81. The number of anilines is 2. The summed E-state index contributed by atoms with van der Waals surface area (Å²) >= 11 is 0. The number of benzene rings is 2. The SMILES string of the molecule is CC(=O)N(CCC(=O)Nc1ccccc1)c1cccc(C#N)c1. The Morgan fingerprint density at radius 1 is 1.13 bits per heavy atom. The van der Waals surface area contributed by atoms with Gasteiger partial charge in [-0.15, -0.1) is 0 Å². The van der Waals surface area contributed by atoms with Crippen LogP contribution in [-0.4, -0.2) is 18.4 Å². The molecule has 1 N–H and O–H groups in total. The Morgan fingerprint density at radius 2 is 1.87 bits per heavy atom. The molecule has 116 valence electrons. The van der Waals surface area contributed by atoms with E-state index in [1.54, 1.807) is 36.4 Å². The molecule has 0 fully saturated rings. The molecule has 0 aromatic heterocycles. The third kappa shape index (κ3) is 4.68. The molecule has 2 aromatic rings. The van der Waals surface area contributed by atoms with Crippen molar-refractivity contribution in [3.63, 3.8) is 0 Å². The Labute approximate surface area is 135 Å². The lowest BCUT2D eigenvalue weighted by Crippen LogP contribution is -2.32. The fraction of sp³-hybridized carbons (Fsp3) is 0.167. The van der Waals surface area contributed by atoms with Gasteiger partial charge in [-0.1, -0.05) is 24.3 Å². The molecule has 0 aliphatic heterocycles. The summed E-state index contributed by atoms with van der Waals surface area (Å²) in [6.07, 6.45) is 0.172. The number of rotatable bonds is 5. The van der Waals surface area contributed by atoms with E-state index in [0.29, 0.717) is 11.3 Å². The second kappa shape index (κ2) is 7.76. The average Bonchev–Trinajstić information content (AvgIpc) is 2.56. The number of hydrogen-bond donors (Lipinski definition) is 1. The summed E-state index contributed by atoms with van der Waals surface area (Å²) in [5.74, 6) is -0.341. The van der Waals surface area contributed by atoms with Gasteiger partial charge in [0.2, 0.25) is 11.8 Å². The largest absolute Gasteiger partial charge is 0.326 e. The van der Waals surface area contributed by atoms with E-state index >= 15 is 0 Å². The second-order valence-corrected chi connectivity index (χ2v) is 5.00. The number of carbonyl (C=O) groups is 2. The van der Waals surface area contributed by atoms with Gasteiger partial charge in [0.25, 0.3) is 0 Å². The number of nitrogens with one attached hydrogen (secondary N) is 1. The van der Waals surface area contributed by atoms with Crippen molar-refractivity contribution >= 4 is 23.2 Å². The van der Waals surface area contributed by atoms with Gasteiger partial charge in [0.15, 0.2) is 0 Å². The van der Waals surface area contributed by atoms with Gasteiger partial charge in [-0.25, -0.2) is 0 Å². The number of nitriles is 1. The zero-order valence-corrected chi connectivity index (χ0v) is 12.8. The van der Waals surface area contributed by atoms with E-state index in [2.05, 4.69) is 5.32 Å². The molecule has 0 heterocycles. The first kappa shape index (κ1) is 16.2. The standard InChI is InChI=1S/C18H17N3O2/c1-14(22)21(17-9-5-6-15(12-17)13-19)11-10-18(23)20-16-7-3-2-4-8-16/h2-9,12H,10-11H2,1H3,(H,20,23). The number of amides is 2. The molecule has 2 amide bonds. The van der Waals surface area contributed by atoms with Gasteiger partial charge in [0, 0.05) is 31.3 Å². The summed E-state index contributed by atoms with van der Waals surface area (Å²) in [6.45, 7) is 1.69. The van der Waals surface area contributed by atoms with Gasteiger partial charge in [-0.05, 0) is 30.3 Å². The van der Waals surface area contributed by atoms with E-state index in [0.717, 1.165) is 5.69 Å². The van der Waals surface area contributed by atoms with Crippen LogP contribution in [0.1, 0.15) is 18.9 Å². The second-order valence-electron chi connectivity index (χ2n) is 5.00. The molecule has 23 heavy (non-hydrogen) atoms. The molecule has 0 radical (unpaired) electrons. The molecule has 5 nitrogen and oxygen atoms in total. The van der Waals surface area contributed by atoms with Gasteiger partial charge < -0.3 is 10.2 Å². The summed E-state index contributed by atoms with van der Waals surface area (Å²) < 4.78 is 0. The van der Waals surface area contributed by atoms with Gasteiger partial charge >= 0.3 is 0 Å². The average molecular weight is 307 g/mol. The fourth-order valence-electron chi connectivity index (χ4n) is 2.17. The third-order valence-corrected chi connectivity index (χ3v) is 3.29. The maximum atomic E-state index is 12.0. The monoisotopic (exact) mass is 307 g/mol. The van der Waals surface area contributed by atoms with Crippen LogP contribution in [0.3, 0.4) is 0 Å². The molecule has 0 aliphatic carbocycles. The first-order chi connectivity index (χ1) is 11.1. The van der Waals surface area contributed by atoms with Crippen LogP contribution >= 0.6 is 0 Å². The van der Waals surface area contributed by atoms with E-state index in [-0.39, 0.29) is 24.8 Å². The summed E-state index contributed by atoms with van der Waals surface area (Å²) in [6, 6.07) is 18.0. The molecular weight excluding hydrogens is 290 g/mol. The topological polar surface area (TPSA) is 73.2 Å². The molecule has 5 heteroatoms. The number of para-hydroxylation sites is 1. The van der Waals surface area contributed by atoms with Crippen molar-refractivity contribution < 1.29 is 9.59 Å². The van der Waals surface area contributed by atoms with E-state index in [4.69, 9.17) is 5.26 Å². The lowest BCUT2D eigenvalue weighted by Gasteiger charge is -2.21. The Hall–Kier alpha value is -3.13. The Morgan fingerprint density at radius 3 is 2.52 bits per heavy atom. The number of nitrogens with zero attached hydrogens (tertiary/aromatic N) is 2. The van der Waals surface area contributed by atoms with Crippen molar-refractivity contribution in [2.45, 2.75) is 13.3 Å². The Balaban J connectivity index is 2.01. The summed E-state index contributed by atoms with van der Waals surface area (Å²) in [7, 11) is 0. The van der Waals surface area contributed by atoms with Crippen molar-refractivity contribution in [3.05, 3.63) is 60.2 Å². The quantitative estimate of drug-likeness (QED) is 0.923. The highest BCUT2D eigenvalue weighted by Crippen LogP contribution is 2.17. The minimum Gasteiger partial charge on any atom is -0.326 e. The highest BCUT2D eigenvalue weighted by Gasteiger charge is 2.14. The van der Waals surface area contributed by atoms with Crippen LogP contribution in [0.5, 0.6) is 0 Å². The summed E-state index contributed by atoms with van der Waals surface area (Å²) in [4.78, 5) is 25.3. The summed E-state index contributed by atoms with van der Waals surface area (Å²) in [5, 5.41) is 11.7. The number of hydrogen-bond acceptors (Lipinski definition) is 3. The molecule has 0 saturated heterocycles. The molecule has 2 rings (SSSR count). The van der Waals surface area contributed by atoms with Gasteiger partial charge in [0.05, 0.1) is 11.6 Å².